The van der Waals surface area contributed by atoms with Gasteiger partial charge in [0.25, 0.3) is 0 Å². The Bertz CT molecular complexity index is 779. The van der Waals surface area contributed by atoms with Crippen LogP contribution in [0.3, 0.4) is 0 Å². The van der Waals surface area contributed by atoms with Gasteiger partial charge < -0.3 is 18.9 Å². The Hall–Kier alpha value is -3.07. The van der Waals surface area contributed by atoms with Gasteiger partial charge in [-0.25, -0.2) is 0 Å². The first-order valence-corrected chi connectivity index (χ1v) is 8.41. The van der Waals surface area contributed by atoms with Crippen molar-refractivity contribution in [3.05, 3.63) is 30.3 Å². The fourth-order valence-corrected chi connectivity index (χ4v) is 2.64. The highest BCUT2D eigenvalue weighted by molar-refractivity contribution is 5.90. The highest BCUT2D eigenvalue weighted by Crippen LogP contribution is 2.30. The van der Waals surface area contributed by atoms with Gasteiger partial charge >= 0.3 is 0 Å². The third-order valence-electron chi connectivity index (χ3n) is 3.84. The molecule has 1 aliphatic heterocycles. The van der Waals surface area contributed by atoms with E-state index in [0.29, 0.717) is 30.7 Å². The normalized spacial score (nSPS) is 15.3. The molecule has 27 heavy (non-hydrogen) atoms. The second-order valence-electron chi connectivity index (χ2n) is 6.02. The smallest absolute Gasteiger partial charge is 0.240 e. The van der Waals surface area contributed by atoms with Gasteiger partial charge in [-0.15, -0.1) is 0 Å². The number of aromatic nitrogens is 2. The van der Waals surface area contributed by atoms with Gasteiger partial charge in [0.1, 0.15) is 12.7 Å². The third-order valence-corrected chi connectivity index (χ3v) is 3.84. The van der Waals surface area contributed by atoms with E-state index in [1.807, 2.05) is 36.2 Å². The molecule has 2 heterocycles. The van der Waals surface area contributed by atoms with Crippen molar-refractivity contribution in [1.29, 1.82) is 0 Å². The van der Waals surface area contributed by atoms with Crippen LogP contribution in [0.5, 0.6) is 23.3 Å². The molecule has 3 rings (SSSR count). The highest BCUT2D eigenvalue weighted by Gasteiger charge is 2.22. The van der Waals surface area contributed by atoms with Crippen molar-refractivity contribution in [2.24, 2.45) is 0 Å². The predicted molar refractivity (Wildman–Crippen MR) is 97.6 cm³/mol. The number of anilines is 1. The van der Waals surface area contributed by atoms with Crippen LogP contribution in [-0.4, -0.2) is 67.8 Å². The van der Waals surface area contributed by atoms with E-state index in [1.54, 1.807) is 0 Å². The summed E-state index contributed by atoms with van der Waals surface area (Å²) in [7, 11) is 4.79. The molecule has 0 radical (unpaired) electrons. The number of rotatable bonds is 7. The van der Waals surface area contributed by atoms with E-state index in [2.05, 4.69) is 15.3 Å². The number of methoxy groups -OCH3 is 2. The monoisotopic (exact) mass is 374 g/mol. The molecule has 0 saturated carbocycles. The second kappa shape index (κ2) is 8.54. The second-order valence-corrected chi connectivity index (χ2v) is 6.02. The first-order chi connectivity index (χ1) is 13.1. The van der Waals surface area contributed by atoms with Gasteiger partial charge in [0.2, 0.25) is 23.6 Å². The number of benzene rings is 1. The number of para-hydroxylation sites is 2. The van der Waals surface area contributed by atoms with Crippen LogP contribution in [0.2, 0.25) is 0 Å². The molecule has 0 unspecified atom stereocenters. The van der Waals surface area contributed by atoms with Crippen molar-refractivity contribution in [2.45, 2.75) is 6.10 Å². The maximum Gasteiger partial charge on any atom is 0.240 e. The van der Waals surface area contributed by atoms with Crippen molar-refractivity contribution in [1.82, 2.24) is 14.9 Å². The lowest BCUT2D eigenvalue weighted by molar-refractivity contribution is -0.117. The molecule has 1 N–H and O–H groups in total. The summed E-state index contributed by atoms with van der Waals surface area (Å²) in [5.74, 6) is 1.91. The van der Waals surface area contributed by atoms with Gasteiger partial charge in [0.05, 0.1) is 26.8 Å². The average Bonchev–Trinajstić information content (AvgIpc) is 2.67. The minimum absolute atomic E-state index is 0.121. The number of ether oxygens (including phenoxy) is 4. The Balaban J connectivity index is 1.52. The Morgan fingerprint density at radius 1 is 1.22 bits per heavy atom. The molecule has 0 fully saturated rings. The molecule has 1 atom stereocenters. The zero-order chi connectivity index (χ0) is 19.2. The zero-order valence-corrected chi connectivity index (χ0v) is 15.5. The van der Waals surface area contributed by atoms with Crippen molar-refractivity contribution in [3.63, 3.8) is 0 Å². The Morgan fingerprint density at radius 2 is 1.89 bits per heavy atom. The zero-order valence-electron chi connectivity index (χ0n) is 15.5. The molecule has 144 valence electrons. The summed E-state index contributed by atoms with van der Waals surface area (Å²) < 4.78 is 21.7. The standard InChI is InChI=1S/C18H22N4O5/c1-22(9-12-11-26-13-6-4-5-7-14(13)27-12)10-15(23)19-18-20-16(24-2)8-17(21-18)25-3/h4-8,12H,9-11H2,1-3H3,(H,19,20,21,23)/t12-/m1/s1. The molecule has 9 nitrogen and oxygen atoms in total. The molecule has 1 aromatic heterocycles. The van der Waals surface area contributed by atoms with Crippen molar-refractivity contribution in [3.8, 4) is 23.3 Å². The first kappa shape index (κ1) is 18.7. The fourth-order valence-electron chi connectivity index (χ4n) is 2.64. The van der Waals surface area contributed by atoms with Crippen LogP contribution < -0.4 is 24.3 Å². The van der Waals surface area contributed by atoms with Crippen molar-refractivity contribution in [2.75, 3.05) is 46.3 Å². The summed E-state index contributed by atoms with van der Waals surface area (Å²) in [6.45, 7) is 1.10. The average molecular weight is 374 g/mol. The van der Waals surface area contributed by atoms with E-state index < -0.39 is 0 Å². The summed E-state index contributed by atoms with van der Waals surface area (Å²) in [5, 5.41) is 2.64. The number of amides is 1. The minimum atomic E-state index is -0.259. The number of hydrogen-bond acceptors (Lipinski definition) is 8. The highest BCUT2D eigenvalue weighted by atomic mass is 16.6. The van der Waals surface area contributed by atoms with Crippen LogP contribution in [0, 0.1) is 0 Å². The minimum Gasteiger partial charge on any atom is -0.486 e. The number of carbonyl (C=O) groups is 1. The molecular formula is C18H22N4O5. The lowest BCUT2D eigenvalue weighted by Gasteiger charge is -2.29. The SMILES string of the molecule is COc1cc(OC)nc(NC(=O)CN(C)C[C@@H]2COc3ccccc3O2)n1. The van der Waals surface area contributed by atoms with E-state index in [-0.39, 0.29) is 24.5 Å². The van der Waals surface area contributed by atoms with Crippen LogP contribution in [0.25, 0.3) is 0 Å². The summed E-state index contributed by atoms with van der Waals surface area (Å²) >= 11 is 0. The maximum atomic E-state index is 12.3. The number of likely N-dealkylation sites (N-methyl/N-ethyl adjacent to an activating group) is 1. The van der Waals surface area contributed by atoms with Crippen LogP contribution in [0.1, 0.15) is 0 Å². The number of hydrogen-bond donors (Lipinski definition) is 1. The van der Waals surface area contributed by atoms with Gasteiger partial charge in [-0.05, 0) is 19.2 Å². The quantitative estimate of drug-likeness (QED) is 0.773. The van der Waals surface area contributed by atoms with Crippen LogP contribution >= 0.6 is 0 Å². The molecule has 0 spiro atoms. The molecule has 1 amide bonds. The Kier molecular flexibility index (Phi) is 5.92. The van der Waals surface area contributed by atoms with Gasteiger partial charge in [-0.2, -0.15) is 9.97 Å². The summed E-state index contributed by atoms with van der Waals surface area (Å²) in [6.07, 6.45) is -0.161. The van der Waals surface area contributed by atoms with Gasteiger partial charge in [-0.3, -0.25) is 15.0 Å². The number of fused-ring (bicyclic) bond motifs is 1. The van der Waals surface area contributed by atoms with E-state index >= 15 is 0 Å². The molecule has 0 saturated heterocycles. The first-order valence-electron chi connectivity index (χ1n) is 8.41. The van der Waals surface area contributed by atoms with Crippen molar-refractivity contribution < 1.29 is 23.7 Å². The van der Waals surface area contributed by atoms with Crippen LogP contribution in [0.4, 0.5) is 5.95 Å². The molecule has 9 heteroatoms. The summed E-state index contributed by atoms with van der Waals surface area (Å²) in [5.41, 5.74) is 0. The van der Waals surface area contributed by atoms with E-state index in [0.717, 1.165) is 5.75 Å². The van der Waals surface area contributed by atoms with Crippen molar-refractivity contribution >= 4 is 11.9 Å². The van der Waals surface area contributed by atoms with E-state index in [9.17, 15) is 4.79 Å². The van der Waals surface area contributed by atoms with Crippen LogP contribution in [-0.2, 0) is 4.79 Å². The summed E-state index contributed by atoms with van der Waals surface area (Å²) in [6, 6.07) is 9.05. The Labute approximate surface area is 157 Å². The molecule has 1 aliphatic rings. The maximum absolute atomic E-state index is 12.3. The van der Waals surface area contributed by atoms with E-state index in [4.69, 9.17) is 18.9 Å². The number of carbonyl (C=O) groups excluding carboxylic acids is 1. The van der Waals surface area contributed by atoms with Gasteiger partial charge in [-0.1, -0.05) is 12.1 Å². The topological polar surface area (TPSA) is 95.0 Å². The predicted octanol–water partition coefficient (Wildman–Crippen LogP) is 1.20. The Morgan fingerprint density at radius 3 is 2.56 bits per heavy atom. The number of nitrogens with one attached hydrogen (secondary N) is 1. The van der Waals surface area contributed by atoms with E-state index in [1.165, 1.54) is 20.3 Å². The molecule has 0 aliphatic carbocycles. The summed E-state index contributed by atoms with van der Waals surface area (Å²) in [4.78, 5) is 22.3. The van der Waals surface area contributed by atoms with Crippen LogP contribution in [0.15, 0.2) is 30.3 Å². The largest absolute Gasteiger partial charge is 0.486 e. The molecule has 1 aromatic carbocycles. The van der Waals surface area contributed by atoms with Gasteiger partial charge in [0.15, 0.2) is 11.5 Å². The van der Waals surface area contributed by atoms with Gasteiger partial charge in [0, 0.05) is 6.54 Å². The lowest BCUT2D eigenvalue weighted by atomic mass is 10.2. The molecule has 2 aromatic rings. The molecule has 0 bridgehead atoms. The lowest BCUT2D eigenvalue weighted by Crippen LogP contribution is -2.42. The third kappa shape index (κ3) is 4.98. The number of nitrogens with zero attached hydrogens (tertiary/aromatic N) is 3. The fraction of sp³-hybridized carbons (Fsp3) is 0.389. The molecular weight excluding hydrogens is 352 g/mol.